The van der Waals surface area contributed by atoms with Gasteiger partial charge in [0.05, 0.1) is 6.20 Å². The Kier molecular flexibility index (Phi) is 2.95. The molecule has 0 bridgehead atoms. The molecular formula is C6H5F3N2O4S. The van der Waals surface area contributed by atoms with Crippen molar-refractivity contribution >= 4 is 10.1 Å². The summed E-state index contributed by atoms with van der Waals surface area (Å²) in [5.41, 5.74) is -6.67. The lowest BCUT2D eigenvalue weighted by atomic mass is 10.5. The van der Waals surface area contributed by atoms with Crippen molar-refractivity contribution in [2.24, 2.45) is 7.05 Å². The van der Waals surface area contributed by atoms with E-state index in [1.165, 1.54) is 0 Å². The van der Waals surface area contributed by atoms with Gasteiger partial charge in [-0.05, 0) is 0 Å². The molecule has 0 aromatic carbocycles. The second kappa shape index (κ2) is 3.77. The molecule has 1 rings (SSSR count). The van der Waals surface area contributed by atoms with Crippen molar-refractivity contribution in [1.82, 2.24) is 9.78 Å². The molecule has 1 heterocycles. The summed E-state index contributed by atoms with van der Waals surface area (Å²) < 4.78 is 61.2. The predicted molar refractivity (Wildman–Crippen MR) is 45.1 cm³/mol. The summed E-state index contributed by atoms with van der Waals surface area (Å²) in [6.07, 6.45) is 0.933. The Morgan fingerprint density at radius 3 is 2.50 bits per heavy atom. The van der Waals surface area contributed by atoms with Crippen molar-refractivity contribution in [3.8, 4) is 5.75 Å². The number of rotatable bonds is 2. The van der Waals surface area contributed by atoms with E-state index in [2.05, 4.69) is 9.28 Å². The van der Waals surface area contributed by atoms with Crippen molar-refractivity contribution < 1.29 is 25.8 Å². The first-order valence-electron chi connectivity index (χ1n) is 3.68. The van der Waals surface area contributed by atoms with Gasteiger partial charge in [0.2, 0.25) is 5.75 Å². The van der Waals surface area contributed by atoms with Gasteiger partial charge in [0.25, 0.3) is 0 Å². The van der Waals surface area contributed by atoms with Crippen LogP contribution in [-0.2, 0) is 17.2 Å². The molecule has 0 atom stereocenters. The van der Waals surface area contributed by atoms with Gasteiger partial charge < -0.3 is 4.18 Å². The second-order valence-corrected chi connectivity index (χ2v) is 4.15. The maximum absolute atomic E-state index is 11.9. The fourth-order valence-electron chi connectivity index (χ4n) is 0.713. The summed E-state index contributed by atoms with van der Waals surface area (Å²) in [6.45, 7) is 0. The van der Waals surface area contributed by atoms with Crippen molar-refractivity contribution in [2.75, 3.05) is 0 Å². The summed E-state index contributed by atoms with van der Waals surface area (Å²) >= 11 is 0. The van der Waals surface area contributed by atoms with Gasteiger partial charge >= 0.3 is 21.2 Å². The maximum atomic E-state index is 11.9. The molecular weight excluding hydrogens is 253 g/mol. The number of aromatic nitrogens is 2. The van der Waals surface area contributed by atoms with Crippen LogP contribution in [0.2, 0.25) is 0 Å². The molecule has 0 fully saturated rings. The zero-order chi connectivity index (χ0) is 12.6. The van der Waals surface area contributed by atoms with Gasteiger partial charge in [-0.25, -0.2) is 4.68 Å². The third-order valence-corrected chi connectivity index (χ3v) is 2.42. The lowest BCUT2D eigenvalue weighted by Gasteiger charge is -2.08. The van der Waals surface area contributed by atoms with E-state index in [4.69, 9.17) is 0 Å². The monoisotopic (exact) mass is 258 g/mol. The quantitative estimate of drug-likeness (QED) is 0.551. The first-order chi connectivity index (χ1) is 7.15. The smallest absolute Gasteiger partial charge is 0.370 e. The van der Waals surface area contributed by atoms with E-state index in [0.717, 1.165) is 19.3 Å². The first kappa shape index (κ1) is 12.5. The highest BCUT2D eigenvalue weighted by Gasteiger charge is 2.48. The van der Waals surface area contributed by atoms with Gasteiger partial charge in [-0.3, -0.25) is 4.79 Å². The van der Waals surface area contributed by atoms with Crippen molar-refractivity contribution in [2.45, 2.75) is 5.51 Å². The third-order valence-electron chi connectivity index (χ3n) is 1.45. The standard InChI is InChI=1S/C6H5F3N2O4S/c1-11-5(12)4(2-3-10-11)15-16(13,14)6(7,8)9/h2-3H,1H3. The van der Waals surface area contributed by atoms with Crippen LogP contribution >= 0.6 is 0 Å². The normalized spacial score (nSPS) is 12.5. The average molecular weight is 258 g/mol. The van der Waals surface area contributed by atoms with E-state index in [-0.39, 0.29) is 0 Å². The Balaban J connectivity index is 3.18. The van der Waals surface area contributed by atoms with E-state index in [1.807, 2.05) is 0 Å². The van der Waals surface area contributed by atoms with Gasteiger partial charge in [-0.1, -0.05) is 0 Å². The molecule has 0 N–H and O–H groups in total. The van der Waals surface area contributed by atoms with Crippen LogP contribution in [0.15, 0.2) is 17.1 Å². The van der Waals surface area contributed by atoms with Crippen LogP contribution in [0.5, 0.6) is 5.75 Å². The third kappa shape index (κ3) is 2.32. The Labute approximate surface area is 87.4 Å². The number of halogens is 3. The van der Waals surface area contributed by atoms with Crippen LogP contribution < -0.4 is 9.74 Å². The highest BCUT2D eigenvalue weighted by molar-refractivity contribution is 7.87. The SMILES string of the molecule is Cn1nccc(OS(=O)(=O)C(F)(F)F)c1=O. The number of nitrogens with zero attached hydrogens (tertiary/aromatic N) is 2. The molecule has 6 nitrogen and oxygen atoms in total. The number of hydrogen-bond acceptors (Lipinski definition) is 5. The molecule has 0 aliphatic rings. The molecule has 90 valence electrons. The van der Waals surface area contributed by atoms with Crippen LogP contribution in [-0.4, -0.2) is 23.7 Å². The molecule has 0 spiro atoms. The molecule has 0 radical (unpaired) electrons. The number of alkyl halides is 3. The van der Waals surface area contributed by atoms with Gasteiger partial charge in [0.15, 0.2) is 0 Å². The maximum Gasteiger partial charge on any atom is 0.534 e. The fourth-order valence-corrected chi connectivity index (χ4v) is 1.17. The first-order valence-corrected chi connectivity index (χ1v) is 5.09. The summed E-state index contributed by atoms with van der Waals surface area (Å²) in [7, 11) is -4.70. The van der Waals surface area contributed by atoms with E-state index in [9.17, 15) is 26.4 Å². The summed E-state index contributed by atoms with van der Waals surface area (Å²) in [5, 5.41) is 3.38. The summed E-state index contributed by atoms with van der Waals surface area (Å²) in [5.74, 6) is -0.963. The molecule has 10 heteroatoms. The molecule has 16 heavy (non-hydrogen) atoms. The highest BCUT2D eigenvalue weighted by Crippen LogP contribution is 2.25. The summed E-state index contributed by atoms with van der Waals surface area (Å²) in [6, 6.07) is 0.728. The van der Waals surface area contributed by atoms with Gasteiger partial charge in [-0.2, -0.15) is 26.7 Å². The molecule has 1 aromatic rings. The Bertz CT molecular complexity index is 548. The van der Waals surface area contributed by atoms with Crippen molar-refractivity contribution in [3.05, 3.63) is 22.6 Å². The number of aryl methyl sites for hydroxylation is 1. The van der Waals surface area contributed by atoms with E-state index in [0.29, 0.717) is 4.68 Å². The Morgan fingerprint density at radius 2 is 2.00 bits per heavy atom. The van der Waals surface area contributed by atoms with E-state index >= 15 is 0 Å². The molecule has 0 saturated carbocycles. The molecule has 1 aromatic heterocycles. The Hall–Kier alpha value is -1.58. The van der Waals surface area contributed by atoms with Crippen LogP contribution in [0.4, 0.5) is 13.2 Å². The fraction of sp³-hybridized carbons (Fsp3) is 0.333. The molecule has 0 aliphatic heterocycles. The lowest BCUT2D eigenvalue weighted by molar-refractivity contribution is -0.0500. The van der Waals surface area contributed by atoms with Crippen LogP contribution in [0, 0.1) is 0 Å². The van der Waals surface area contributed by atoms with Crippen molar-refractivity contribution in [3.63, 3.8) is 0 Å². The minimum atomic E-state index is -5.83. The minimum absolute atomic E-state index is 0.640. The van der Waals surface area contributed by atoms with Crippen LogP contribution in [0.25, 0.3) is 0 Å². The zero-order valence-corrected chi connectivity index (χ0v) is 8.54. The molecule has 0 saturated heterocycles. The molecule has 0 amide bonds. The van der Waals surface area contributed by atoms with Crippen LogP contribution in [0.1, 0.15) is 0 Å². The average Bonchev–Trinajstić information content (AvgIpc) is 2.11. The second-order valence-electron chi connectivity index (χ2n) is 2.61. The minimum Gasteiger partial charge on any atom is -0.370 e. The van der Waals surface area contributed by atoms with Crippen LogP contribution in [0.3, 0.4) is 0 Å². The molecule has 0 aliphatic carbocycles. The van der Waals surface area contributed by atoms with Gasteiger partial charge in [0.1, 0.15) is 0 Å². The van der Waals surface area contributed by atoms with Gasteiger partial charge in [0, 0.05) is 13.1 Å². The number of hydrogen-bond donors (Lipinski definition) is 0. The van der Waals surface area contributed by atoms with E-state index in [1.54, 1.807) is 0 Å². The topological polar surface area (TPSA) is 78.3 Å². The zero-order valence-electron chi connectivity index (χ0n) is 7.72. The molecule has 0 unspecified atom stereocenters. The van der Waals surface area contributed by atoms with E-state index < -0.39 is 26.9 Å². The Morgan fingerprint density at radius 1 is 1.44 bits per heavy atom. The highest BCUT2D eigenvalue weighted by atomic mass is 32.2. The van der Waals surface area contributed by atoms with Gasteiger partial charge in [-0.15, -0.1) is 0 Å². The predicted octanol–water partition coefficient (Wildman–Crippen LogP) is 0.00870. The lowest BCUT2D eigenvalue weighted by Crippen LogP contribution is -2.31. The summed E-state index contributed by atoms with van der Waals surface area (Å²) in [4.78, 5) is 11.1. The van der Waals surface area contributed by atoms with Crippen molar-refractivity contribution in [1.29, 1.82) is 0 Å². The largest absolute Gasteiger partial charge is 0.534 e.